The van der Waals surface area contributed by atoms with E-state index in [0.717, 1.165) is 40.9 Å². The van der Waals surface area contributed by atoms with Crippen LogP contribution < -0.4 is 11.5 Å². The number of rotatable bonds is 6. The van der Waals surface area contributed by atoms with Crippen LogP contribution in [0.2, 0.25) is 0 Å². The molecule has 0 amide bonds. The highest BCUT2D eigenvalue weighted by Gasteiger charge is 2.14. The third kappa shape index (κ3) is 4.10. The second-order valence-corrected chi connectivity index (χ2v) is 6.30. The van der Waals surface area contributed by atoms with Crippen LogP contribution in [0.1, 0.15) is 31.5 Å². The average Bonchev–Trinajstić information content (AvgIpc) is 3.10. The molecule has 3 rings (SSSR count). The molecular weight excluding hydrogens is 317 g/mol. The zero-order valence-electron chi connectivity index (χ0n) is 14.1. The molecule has 0 fully saturated rings. The van der Waals surface area contributed by atoms with Crippen LogP contribution in [-0.2, 0) is 0 Å². The first-order valence-electron chi connectivity index (χ1n) is 8.31. The molecule has 1 aromatic carbocycles. The third-order valence-corrected chi connectivity index (χ3v) is 4.18. The lowest BCUT2D eigenvalue weighted by molar-refractivity contribution is 0.547. The van der Waals surface area contributed by atoms with Crippen LogP contribution in [0.15, 0.2) is 48.8 Å². The van der Waals surface area contributed by atoms with E-state index in [1.807, 2.05) is 19.1 Å². The number of pyridine rings is 1. The molecule has 2 unspecified atom stereocenters. The number of benzene rings is 1. The van der Waals surface area contributed by atoms with E-state index in [9.17, 15) is 4.39 Å². The largest absolute Gasteiger partial charge is 0.328 e. The maximum atomic E-state index is 13.2. The number of halogens is 1. The van der Waals surface area contributed by atoms with Crippen molar-refractivity contribution in [3.63, 3.8) is 0 Å². The van der Waals surface area contributed by atoms with E-state index in [0.29, 0.717) is 0 Å². The highest BCUT2D eigenvalue weighted by Crippen LogP contribution is 2.31. The summed E-state index contributed by atoms with van der Waals surface area (Å²) in [4.78, 5) is 4.40. The Hall–Kier alpha value is -2.57. The fraction of sp³-hybridized carbons (Fsp3) is 0.263. The Labute approximate surface area is 146 Å². The molecule has 0 aliphatic rings. The van der Waals surface area contributed by atoms with E-state index in [1.165, 1.54) is 12.1 Å². The summed E-state index contributed by atoms with van der Waals surface area (Å²) in [6, 6.07) is 10.2. The molecule has 5 N–H and O–H groups in total. The Bertz CT molecular complexity index is 826. The summed E-state index contributed by atoms with van der Waals surface area (Å²) in [6.45, 7) is 1.97. The van der Waals surface area contributed by atoms with Crippen molar-refractivity contribution in [2.75, 3.05) is 0 Å². The van der Waals surface area contributed by atoms with Crippen LogP contribution in [0.25, 0.3) is 22.4 Å². The van der Waals surface area contributed by atoms with E-state index < -0.39 is 0 Å². The lowest BCUT2D eigenvalue weighted by Gasteiger charge is -2.13. The van der Waals surface area contributed by atoms with E-state index in [2.05, 4.69) is 15.2 Å². The summed E-state index contributed by atoms with van der Waals surface area (Å²) < 4.78 is 13.2. The molecule has 6 heteroatoms. The van der Waals surface area contributed by atoms with Crippen molar-refractivity contribution in [2.24, 2.45) is 11.5 Å². The molecule has 2 atom stereocenters. The predicted octanol–water partition coefficient (Wildman–Crippen LogP) is 3.41. The van der Waals surface area contributed by atoms with E-state index in [4.69, 9.17) is 11.5 Å². The summed E-state index contributed by atoms with van der Waals surface area (Å²) >= 11 is 0. The second-order valence-electron chi connectivity index (χ2n) is 6.30. The Morgan fingerprint density at radius 2 is 1.84 bits per heavy atom. The Morgan fingerprint density at radius 3 is 2.56 bits per heavy atom. The molecule has 0 aliphatic heterocycles. The number of hydrogen-bond donors (Lipinski definition) is 3. The van der Waals surface area contributed by atoms with Gasteiger partial charge in [-0.05, 0) is 61.7 Å². The van der Waals surface area contributed by atoms with Gasteiger partial charge in [0.25, 0.3) is 0 Å². The lowest BCUT2D eigenvalue weighted by atomic mass is 9.99. The Balaban J connectivity index is 1.89. The normalized spacial score (nSPS) is 13.6. The molecule has 5 nitrogen and oxygen atoms in total. The molecule has 130 valence electrons. The minimum atomic E-state index is -0.267. The van der Waals surface area contributed by atoms with Gasteiger partial charge in [-0.15, -0.1) is 0 Å². The standard InChI is InChI=1S/C19H22FN5/c1-12(21)2-7-17(22)18-10-14(8-9-23-18)16-11-24-25-19(16)13-3-5-15(20)6-4-13/h3-6,8-12,17H,2,7,21-22H2,1H3,(H,24,25). The zero-order chi connectivity index (χ0) is 17.8. The van der Waals surface area contributed by atoms with Crippen molar-refractivity contribution in [2.45, 2.75) is 31.8 Å². The topological polar surface area (TPSA) is 93.6 Å². The highest BCUT2D eigenvalue weighted by atomic mass is 19.1. The summed E-state index contributed by atoms with van der Waals surface area (Å²) in [5, 5.41) is 7.13. The number of hydrogen-bond acceptors (Lipinski definition) is 4. The van der Waals surface area contributed by atoms with Gasteiger partial charge in [0, 0.05) is 29.4 Å². The van der Waals surface area contributed by atoms with E-state index in [1.54, 1.807) is 24.5 Å². The minimum absolute atomic E-state index is 0.119. The van der Waals surface area contributed by atoms with Crippen LogP contribution in [0, 0.1) is 5.82 Å². The summed E-state index contributed by atoms with van der Waals surface area (Å²) in [6.07, 6.45) is 5.13. The van der Waals surface area contributed by atoms with E-state index >= 15 is 0 Å². The van der Waals surface area contributed by atoms with Crippen molar-refractivity contribution in [1.29, 1.82) is 0 Å². The van der Waals surface area contributed by atoms with Crippen LogP contribution in [0.5, 0.6) is 0 Å². The van der Waals surface area contributed by atoms with Gasteiger partial charge >= 0.3 is 0 Å². The molecule has 3 aromatic rings. The number of nitrogens with one attached hydrogen (secondary N) is 1. The third-order valence-electron chi connectivity index (χ3n) is 4.18. The molecule has 2 aromatic heterocycles. The molecule has 0 bridgehead atoms. The summed E-state index contributed by atoms with van der Waals surface area (Å²) in [5.74, 6) is -0.267. The van der Waals surface area contributed by atoms with Gasteiger partial charge in [-0.3, -0.25) is 10.1 Å². The molecule has 0 aliphatic carbocycles. The van der Waals surface area contributed by atoms with Crippen molar-refractivity contribution in [3.05, 3.63) is 60.3 Å². The van der Waals surface area contributed by atoms with Crippen LogP contribution >= 0.6 is 0 Å². The van der Waals surface area contributed by atoms with Crippen molar-refractivity contribution >= 4 is 0 Å². The number of nitrogens with zero attached hydrogens (tertiary/aromatic N) is 2. The summed E-state index contributed by atoms with van der Waals surface area (Å²) in [7, 11) is 0. The SMILES string of the molecule is CC(N)CCC(N)c1cc(-c2cn[nH]c2-c2ccc(F)cc2)ccn1. The fourth-order valence-electron chi connectivity index (χ4n) is 2.75. The minimum Gasteiger partial charge on any atom is -0.328 e. The first kappa shape index (κ1) is 17.3. The van der Waals surface area contributed by atoms with Crippen molar-refractivity contribution < 1.29 is 4.39 Å². The van der Waals surface area contributed by atoms with Gasteiger partial charge < -0.3 is 11.5 Å². The first-order chi connectivity index (χ1) is 12.0. The monoisotopic (exact) mass is 339 g/mol. The number of H-pyrrole nitrogens is 1. The molecule has 0 radical (unpaired) electrons. The van der Waals surface area contributed by atoms with Gasteiger partial charge in [-0.2, -0.15) is 5.10 Å². The highest BCUT2D eigenvalue weighted by molar-refractivity contribution is 5.80. The maximum Gasteiger partial charge on any atom is 0.123 e. The van der Waals surface area contributed by atoms with Crippen LogP contribution in [0.3, 0.4) is 0 Å². The second kappa shape index (κ2) is 7.55. The van der Waals surface area contributed by atoms with Gasteiger partial charge in [-0.25, -0.2) is 4.39 Å². The molecule has 0 saturated heterocycles. The molecule has 0 saturated carbocycles. The molecule has 25 heavy (non-hydrogen) atoms. The van der Waals surface area contributed by atoms with Crippen LogP contribution in [-0.4, -0.2) is 21.2 Å². The maximum absolute atomic E-state index is 13.2. The summed E-state index contributed by atoms with van der Waals surface area (Å²) in [5.41, 5.74) is 16.5. The van der Waals surface area contributed by atoms with Gasteiger partial charge in [0.2, 0.25) is 0 Å². The molecular formula is C19H22FN5. The van der Waals surface area contributed by atoms with Crippen LogP contribution in [0.4, 0.5) is 4.39 Å². The van der Waals surface area contributed by atoms with Gasteiger partial charge in [0.15, 0.2) is 0 Å². The van der Waals surface area contributed by atoms with Gasteiger partial charge in [0.1, 0.15) is 5.82 Å². The quantitative estimate of drug-likeness (QED) is 0.641. The van der Waals surface area contributed by atoms with E-state index in [-0.39, 0.29) is 17.9 Å². The lowest BCUT2D eigenvalue weighted by Crippen LogP contribution is -2.19. The average molecular weight is 339 g/mol. The molecule has 2 heterocycles. The first-order valence-corrected chi connectivity index (χ1v) is 8.31. The number of nitrogens with two attached hydrogens (primary N) is 2. The smallest absolute Gasteiger partial charge is 0.123 e. The fourth-order valence-corrected chi connectivity index (χ4v) is 2.75. The van der Waals surface area contributed by atoms with Gasteiger partial charge in [0.05, 0.1) is 17.6 Å². The Morgan fingerprint density at radius 1 is 1.08 bits per heavy atom. The van der Waals surface area contributed by atoms with Gasteiger partial charge in [-0.1, -0.05) is 0 Å². The van der Waals surface area contributed by atoms with Crippen molar-refractivity contribution in [3.8, 4) is 22.4 Å². The molecule has 0 spiro atoms. The predicted molar refractivity (Wildman–Crippen MR) is 97.0 cm³/mol. The number of aromatic amines is 1. The zero-order valence-corrected chi connectivity index (χ0v) is 14.1. The Kier molecular flexibility index (Phi) is 5.21. The van der Waals surface area contributed by atoms with Crippen molar-refractivity contribution in [1.82, 2.24) is 15.2 Å². The number of aromatic nitrogens is 3.